The van der Waals surface area contributed by atoms with Gasteiger partial charge in [0.05, 0.1) is 0 Å². The Hall–Kier alpha value is -1.21. The summed E-state index contributed by atoms with van der Waals surface area (Å²) in [5.74, 6) is -1.73. The first-order valence-electron chi connectivity index (χ1n) is 9.18. The highest BCUT2D eigenvalue weighted by molar-refractivity contribution is 7.97. The van der Waals surface area contributed by atoms with Crippen LogP contribution in [0.4, 0.5) is 13.2 Å². The summed E-state index contributed by atoms with van der Waals surface area (Å²) in [4.78, 5) is 13.5. The smallest absolute Gasteiger partial charge is 0.330 e. The largest absolute Gasteiger partial charge is 0.471 e. The molecule has 2 fully saturated rings. The van der Waals surface area contributed by atoms with Gasteiger partial charge in [-0.3, -0.25) is 4.79 Å². The van der Waals surface area contributed by atoms with E-state index >= 15 is 0 Å². The second-order valence-electron chi connectivity index (χ2n) is 7.98. The number of carbonyl (C=O) groups excluding carboxylic acids is 1. The van der Waals surface area contributed by atoms with E-state index in [9.17, 15) is 18.0 Å². The molecule has 1 aromatic rings. The van der Waals surface area contributed by atoms with Crippen LogP contribution in [-0.4, -0.2) is 40.4 Å². The van der Waals surface area contributed by atoms with Gasteiger partial charge < -0.3 is 4.90 Å². The van der Waals surface area contributed by atoms with Gasteiger partial charge in [0.15, 0.2) is 0 Å². The van der Waals surface area contributed by atoms with Crippen LogP contribution in [0.25, 0.3) is 0 Å². The van der Waals surface area contributed by atoms with Crippen molar-refractivity contribution in [2.45, 2.75) is 62.7 Å². The Morgan fingerprint density at radius 3 is 2.65 bits per heavy atom. The zero-order valence-corrected chi connectivity index (χ0v) is 15.6. The summed E-state index contributed by atoms with van der Waals surface area (Å²) < 4.78 is 40.6. The number of alkyl halides is 3. The van der Waals surface area contributed by atoms with E-state index in [-0.39, 0.29) is 13.1 Å². The zero-order chi connectivity index (χ0) is 18.5. The topological polar surface area (TPSA) is 23.6 Å². The first-order valence-corrected chi connectivity index (χ1v) is 9.96. The molecule has 1 aliphatic carbocycles. The van der Waals surface area contributed by atoms with Crippen LogP contribution in [0.3, 0.4) is 0 Å². The highest BCUT2D eigenvalue weighted by Gasteiger charge is 2.46. The number of benzene rings is 1. The molecule has 142 valence electrons. The molecule has 2 heterocycles. The lowest BCUT2D eigenvalue weighted by molar-refractivity contribution is -0.186. The number of hydrogen-bond donors (Lipinski definition) is 0. The SMILES string of the molecule is CC1CC2(CCC2)CN1Sc1ccc2c(c1)CN(C(=O)C(F)(F)F)CC2. The molecule has 0 bridgehead atoms. The maximum absolute atomic E-state index is 12.7. The highest BCUT2D eigenvalue weighted by atomic mass is 32.2. The Bertz CT molecular complexity index is 717. The van der Waals surface area contributed by atoms with E-state index in [0.717, 1.165) is 27.5 Å². The van der Waals surface area contributed by atoms with Crippen LogP contribution in [0.2, 0.25) is 0 Å². The van der Waals surface area contributed by atoms with E-state index in [4.69, 9.17) is 0 Å². The first-order chi connectivity index (χ1) is 12.3. The fourth-order valence-corrected chi connectivity index (χ4v) is 5.71. The van der Waals surface area contributed by atoms with Crippen LogP contribution in [0.1, 0.15) is 43.7 Å². The Balaban J connectivity index is 1.46. The van der Waals surface area contributed by atoms with Crippen molar-refractivity contribution in [2.75, 3.05) is 13.1 Å². The van der Waals surface area contributed by atoms with Crippen molar-refractivity contribution in [3.8, 4) is 0 Å². The van der Waals surface area contributed by atoms with Crippen molar-refractivity contribution in [1.82, 2.24) is 9.21 Å². The van der Waals surface area contributed by atoms with Gasteiger partial charge in [0, 0.05) is 30.6 Å². The summed E-state index contributed by atoms with van der Waals surface area (Å²) in [7, 11) is 0. The molecule has 26 heavy (non-hydrogen) atoms. The van der Waals surface area contributed by atoms with Gasteiger partial charge in [0.25, 0.3) is 0 Å². The molecular weight excluding hydrogens is 361 g/mol. The fraction of sp³-hybridized carbons (Fsp3) is 0.632. The second-order valence-corrected chi connectivity index (χ2v) is 9.10. The van der Waals surface area contributed by atoms with Gasteiger partial charge in [-0.25, -0.2) is 4.31 Å². The average molecular weight is 384 g/mol. The summed E-state index contributed by atoms with van der Waals surface area (Å²) in [6.45, 7) is 3.52. The number of fused-ring (bicyclic) bond motifs is 1. The fourth-order valence-electron chi connectivity index (χ4n) is 4.52. The van der Waals surface area contributed by atoms with Crippen molar-refractivity contribution >= 4 is 17.9 Å². The lowest BCUT2D eigenvalue weighted by atomic mass is 9.68. The lowest BCUT2D eigenvalue weighted by Crippen LogP contribution is -2.43. The second kappa shape index (κ2) is 6.44. The quantitative estimate of drug-likeness (QED) is 0.706. The van der Waals surface area contributed by atoms with Crippen LogP contribution >= 0.6 is 11.9 Å². The summed E-state index contributed by atoms with van der Waals surface area (Å²) >= 11 is 1.71. The molecule has 1 saturated heterocycles. The van der Waals surface area contributed by atoms with E-state index in [1.54, 1.807) is 11.9 Å². The van der Waals surface area contributed by atoms with Gasteiger partial charge in [-0.05, 0) is 73.2 Å². The van der Waals surface area contributed by atoms with Crippen molar-refractivity contribution in [3.63, 3.8) is 0 Å². The van der Waals surface area contributed by atoms with Gasteiger partial charge in [0.2, 0.25) is 0 Å². The Morgan fingerprint density at radius 1 is 1.27 bits per heavy atom. The van der Waals surface area contributed by atoms with Gasteiger partial charge in [-0.1, -0.05) is 12.5 Å². The summed E-state index contributed by atoms with van der Waals surface area (Å²) in [6.07, 6.45) is 0.864. The molecule has 7 heteroatoms. The summed E-state index contributed by atoms with van der Waals surface area (Å²) in [5, 5.41) is 0. The van der Waals surface area contributed by atoms with Crippen molar-refractivity contribution in [1.29, 1.82) is 0 Å². The predicted molar refractivity (Wildman–Crippen MR) is 94.5 cm³/mol. The monoisotopic (exact) mass is 384 g/mol. The number of nitrogens with zero attached hydrogens (tertiary/aromatic N) is 2. The maximum Gasteiger partial charge on any atom is 0.471 e. The molecule has 1 aromatic carbocycles. The van der Waals surface area contributed by atoms with E-state index in [0.29, 0.717) is 17.9 Å². The van der Waals surface area contributed by atoms with E-state index < -0.39 is 12.1 Å². The molecule has 1 saturated carbocycles. The van der Waals surface area contributed by atoms with Crippen LogP contribution in [0.15, 0.2) is 23.1 Å². The Labute approximate surface area is 156 Å². The normalized spacial score (nSPS) is 25.2. The Kier molecular flexibility index (Phi) is 4.50. The molecule has 1 spiro atoms. The molecule has 0 N–H and O–H groups in total. The number of amides is 1. The van der Waals surface area contributed by atoms with Crippen LogP contribution < -0.4 is 0 Å². The number of rotatable bonds is 2. The molecule has 3 aliphatic rings. The average Bonchev–Trinajstić information content (AvgIpc) is 2.90. The minimum Gasteiger partial charge on any atom is -0.330 e. The number of carbonyl (C=O) groups is 1. The van der Waals surface area contributed by atoms with Gasteiger partial charge in [-0.2, -0.15) is 13.2 Å². The number of hydrogen-bond acceptors (Lipinski definition) is 3. The maximum atomic E-state index is 12.7. The standard InChI is InChI=1S/C19H23F3N2OS/c1-13-10-18(6-2-7-18)12-24(13)26-16-4-3-14-5-8-23(11-15(14)9-16)17(25)19(20,21)22/h3-4,9,13H,2,5-8,10-12H2,1H3. The summed E-state index contributed by atoms with van der Waals surface area (Å²) in [5.41, 5.74) is 2.38. The van der Waals surface area contributed by atoms with Gasteiger partial charge in [-0.15, -0.1) is 0 Å². The third-order valence-corrected chi connectivity index (χ3v) is 7.26. The highest BCUT2D eigenvalue weighted by Crippen LogP contribution is 2.52. The zero-order valence-electron chi connectivity index (χ0n) is 14.8. The van der Waals surface area contributed by atoms with Crippen LogP contribution in [0, 0.1) is 5.41 Å². The lowest BCUT2D eigenvalue weighted by Gasteiger charge is -2.38. The van der Waals surface area contributed by atoms with E-state index in [2.05, 4.69) is 17.3 Å². The third kappa shape index (κ3) is 3.36. The van der Waals surface area contributed by atoms with Crippen LogP contribution in [0.5, 0.6) is 0 Å². The molecule has 2 aliphatic heterocycles. The Morgan fingerprint density at radius 2 is 2.04 bits per heavy atom. The van der Waals surface area contributed by atoms with E-state index in [1.807, 2.05) is 12.1 Å². The van der Waals surface area contributed by atoms with Gasteiger partial charge in [0.1, 0.15) is 0 Å². The first kappa shape index (κ1) is 18.2. The van der Waals surface area contributed by atoms with Crippen LogP contribution in [-0.2, 0) is 17.8 Å². The molecule has 0 radical (unpaired) electrons. The van der Waals surface area contributed by atoms with E-state index in [1.165, 1.54) is 25.7 Å². The molecule has 1 atom stereocenters. The van der Waals surface area contributed by atoms with Gasteiger partial charge >= 0.3 is 12.1 Å². The molecule has 1 amide bonds. The number of halogens is 3. The predicted octanol–water partition coefficient (Wildman–Crippen LogP) is 4.41. The minimum absolute atomic E-state index is 0.0432. The third-order valence-electron chi connectivity index (χ3n) is 6.07. The molecule has 4 rings (SSSR count). The van der Waals surface area contributed by atoms with Crippen molar-refractivity contribution in [3.05, 3.63) is 29.3 Å². The minimum atomic E-state index is -4.80. The molecular formula is C19H23F3N2OS. The molecule has 1 unspecified atom stereocenters. The van der Waals surface area contributed by atoms with Crippen molar-refractivity contribution in [2.24, 2.45) is 5.41 Å². The molecule has 0 aromatic heterocycles. The molecule has 3 nitrogen and oxygen atoms in total. The van der Waals surface area contributed by atoms with Crippen molar-refractivity contribution < 1.29 is 18.0 Å². The summed E-state index contributed by atoms with van der Waals surface area (Å²) in [6, 6.07) is 6.55.